The summed E-state index contributed by atoms with van der Waals surface area (Å²) in [5, 5.41) is 34.6. The van der Waals surface area contributed by atoms with E-state index >= 15 is 0 Å². The zero-order chi connectivity index (χ0) is 86.6. The van der Waals surface area contributed by atoms with Crippen molar-refractivity contribution >= 4 is 195 Å². The van der Waals surface area contributed by atoms with Crippen molar-refractivity contribution in [3.8, 4) is 56.4 Å². The first-order valence-electron chi connectivity index (χ1n) is 45.5. The fourth-order valence-electron chi connectivity index (χ4n) is 22.1. The summed E-state index contributed by atoms with van der Waals surface area (Å²) in [6.07, 6.45) is 6.58. The van der Waals surface area contributed by atoms with E-state index in [4.69, 9.17) is 0 Å². The van der Waals surface area contributed by atoms with Gasteiger partial charge in [-0.2, -0.15) is 0 Å². The van der Waals surface area contributed by atoms with Crippen LogP contribution < -0.4 is 0 Å². The van der Waals surface area contributed by atoms with Crippen molar-refractivity contribution in [2.75, 3.05) is 0 Å². The highest BCUT2D eigenvalue weighted by Gasteiger charge is 2.24. The molecule has 29 aromatic rings. The maximum Gasteiger partial charge on any atom is 0.0628 e. The highest BCUT2D eigenvalue weighted by Crippen LogP contribution is 2.47. The summed E-state index contributed by atoms with van der Waals surface area (Å²) in [5.74, 6) is 0. The molecule has 0 saturated heterocycles. The average Bonchev–Trinajstić information content (AvgIpc) is 1.47. The summed E-state index contributed by atoms with van der Waals surface area (Å²) < 4.78 is 14.3. The van der Waals surface area contributed by atoms with E-state index in [-0.39, 0.29) is 0 Å². The second-order valence-corrected chi connectivity index (χ2v) is 34.9. The molecule has 0 aliphatic rings. The quantitative estimate of drug-likeness (QED) is 0.136. The van der Waals surface area contributed by atoms with E-state index in [0.29, 0.717) is 0 Å². The largest absolute Gasteiger partial charge is 0.316 e. The molecule has 29 rings (SSSR count). The van der Waals surface area contributed by atoms with E-state index in [1.54, 1.807) is 0 Å². The minimum atomic E-state index is 1.16. The van der Waals surface area contributed by atoms with Crippen LogP contribution in [0.4, 0.5) is 0 Å². The number of aromatic nitrogens is 6. The molecule has 6 nitrogen and oxygen atoms in total. The predicted molar refractivity (Wildman–Crippen MR) is 561 cm³/mol. The lowest BCUT2D eigenvalue weighted by atomic mass is 9.92. The first kappa shape index (κ1) is 74.6. The molecule has 0 N–H and O–H groups in total. The Balaban J connectivity index is 0.000000102. The monoisotopic (exact) mass is 1680 g/mol. The van der Waals surface area contributed by atoms with Crippen LogP contribution in [0.1, 0.15) is 0 Å². The van der Waals surface area contributed by atoms with Crippen LogP contribution in [0.2, 0.25) is 0 Å². The van der Waals surface area contributed by atoms with Crippen LogP contribution >= 0.6 is 0 Å². The van der Waals surface area contributed by atoms with E-state index in [0.717, 1.165) is 5.69 Å². The van der Waals surface area contributed by atoms with Crippen LogP contribution in [0.25, 0.3) is 251 Å². The topological polar surface area (TPSA) is 29.6 Å². The van der Waals surface area contributed by atoms with Gasteiger partial charge in [0.2, 0.25) is 0 Å². The minimum absolute atomic E-state index is 1.16. The highest BCUT2D eigenvalue weighted by atomic mass is 15.0. The van der Waals surface area contributed by atoms with Crippen LogP contribution in [0, 0.1) is 0 Å². The third kappa shape index (κ3) is 11.6. The maximum absolute atomic E-state index is 2.45. The molecule has 6 aromatic heterocycles. The standard InChI is InChI=1S/2C44H28N2.C38H24N2/c1-3-11-29(12-4-1)31-19-22-36-37-23-21-33(28-40(37)35-16-8-7-15-34(35)39(36)27-31)46-41-18-10-9-17-38(41)43-42(46)24-20-30-25-26-45(44(30)43)32-13-5-2-6-14-32;1-2-10-32(11-3-1)45-27-26-30-21-25-42-43(44(30)45)39-16-8-9-17-41(39)46(42)33-22-18-29(19-23-33)31-20-24-38-36-14-5-4-12-34(36)35-13-6-7-15-37(35)40(38)28-31;1-2-10-26(11-3-1)39-23-22-25-18-21-36-37(38(25)39)33-16-8-9-17-35(33)40(36)27-19-20-32-30-14-5-4-12-28(30)29-13-6-7-15-31(29)34(32)24-27/h2*1-28H;1-24H. The molecule has 23 aromatic carbocycles. The molecule has 0 radical (unpaired) electrons. The number of fused-ring (bicyclic) bond motifs is 33. The Morgan fingerprint density at radius 3 is 0.667 bits per heavy atom. The number of hydrogen-bond acceptors (Lipinski definition) is 0. The predicted octanol–water partition coefficient (Wildman–Crippen LogP) is 33.9. The van der Waals surface area contributed by atoms with Gasteiger partial charge in [-0.3, -0.25) is 0 Å². The van der Waals surface area contributed by atoms with Gasteiger partial charge in [-0.1, -0.05) is 328 Å². The molecule has 0 aliphatic carbocycles. The molecule has 132 heavy (non-hydrogen) atoms. The SMILES string of the molecule is c1ccc(-c2ccc3c4ccc(-n5c6ccccc6c6c7c(ccc65)ccn7-c5ccccc5)cc4c4ccccc4c3c2)cc1.c1ccc(-n2ccc3ccc4c(c5ccccc5n4-c4ccc(-c5ccc6c7ccccc7c7ccccc7c6c5)cc4)c32)cc1.c1ccc(-n2ccc3ccc4c(c5ccccc5n4-c4ccc5c6ccccc6c6ccccc6c5c4)c32)cc1. The third-order valence-corrected chi connectivity index (χ3v) is 27.9. The van der Waals surface area contributed by atoms with Crippen molar-refractivity contribution in [1.82, 2.24) is 27.4 Å². The zero-order valence-electron chi connectivity index (χ0n) is 71.9. The Hall–Kier alpha value is -17.6. The van der Waals surface area contributed by atoms with Crippen LogP contribution in [-0.2, 0) is 0 Å². The molecule has 0 fully saturated rings. The lowest BCUT2D eigenvalue weighted by molar-refractivity contribution is 1.13. The van der Waals surface area contributed by atoms with Crippen molar-refractivity contribution in [3.63, 3.8) is 0 Å². The fourth-order valence-corrected chi connectivity index (χ4v) is 22.1. The van der Waals surface area contributed by atoms with Gasteiger partial charge < -0.3 is 27.4 Å². The summed E-state index contributed by atoms with van der Waals surface area (Å²) in [7, 11) is 0. The van der Waals surface area contributed by atoms with Gasteiger partial charge >= 0.3 is 0 Å². The van der Waals surface area contributed by atoms with Crippen LogP contribution in [0.5, 0.6) is 0 Å². The third-order valence-electron chi connectivity index (χ3n) is 27.9. The van der Waals surface area contributed by atoms with Gasteiger partial charge in [0.05, 0.1) is 49.7 Å². The molecule has 0 spiro atoms. The Bertz CT molecular complexity index is 9680. The summed E-state index contributed by atoms with van der Waals surface area (Å²) >= 11 is 0. The molecule has 0 unspecified atom stereocenters. The molecular weight excluding hydrogens is 1600 g/mol. The van der Waals surface area contributed by atoms with E-state index in [1.807, 2.05) is 0 Å². The van der Waals surface area contributed by atoms with Crippen LogP contribution in [0.15, 0.2) is 486 Å². The number of rotatable bonds is 8. The number of hydrogen-bond donors (Lipinski definition) is 0. The molecule has 0 amide bonds. The minimum Gasteiger partial charge on any atom is -0.316 e. The number of nitrogens with zero attached hydrogens (tertiary/aromatic N) is 6. The summed E-state index contributed by atoms with van der Waals surface area (Å²) in [6, 6.07) is 170. The van der Waals surface area contributed by atoms with Gasteiger partial charge in [0.25, 0.3) is 0 Å². The van der Waals surface area contributed by atoms with Gasteiger partial charge in [0.15, 0.2) is 0 Å². The second kappa shape index (κ2) is 30.0. The maximum atomic E-state index is 2.45. The number of benzene rings is 23. The van der Waals surface area contributed by atoms with Crippen molar-refractivity contribution in [2.24, 2.45) is 0 Å². The molecule has 6 heteroatoms. The molecule has 0 bridgehead atoms. The van der Waals surface area contributed by atoms with E-state index in [9.17, 15) is 0 Å². The van der Waals surface area contributed by atoms with E-state index < -0.39 is 0 Å². The lowest BCUT2D eigenvalue weighted by Gasteiger charge is -2.15. The molecule has 0 aliphatic heterocycles. The Kier molecular flexibility index (Phi) is 17.0. The smallest absolute Gasteiger partial charge is 0.0628 e. The van der Waals surface area contributed by atoms with Crippen molar-refractivity contribution in [3.05, 3.63) is 486 Å². The molecular formula is C126H80N6. The first-order chi connectivity index (χ1) is 65.5. The Morgan fingerprint density at radius 2 is 0.348 bits per heavy atom. The van der Waals surface area contributed by atoms with E-state index in [2.05, 4.69) is 513 Å². The van der Waals surface area contributed by atoms with Gasteiger partial charge in [-0.15, -0.1) is 0 Å². The lowest BCUT2D eigenvalue weighted by Crippen LogP contribution is -1.95. The van der Waals surface area contributed by atoms with Crippen molar-refractivity contribution in [1.29, 1.82) is 0 Å². The van der Waals surface area contributed by atoms with Gasteiger partial charge in [-0.05, 0) is 259 Å². The van der Waals surface area contributed by atoms with Gasteiger partial charge in [-0.25, -0.2) is 0 Å². The molecule has 0 atom stereocenters. The second-order valence-electron chi connectivity index (χ2n) is 34.9. The molecule has 614 valence electrons. The Morgan fingerprint density at radius 1 is 0.121 bits per heavy atom. The molecule has 0 saturated carbocycles. The fraction of sp³-hybridized carbons (Fsp3) is 0. The number of para-hydroxylation sites is 6. The van der Waals surface area contributed by atoms with E-state index in [1.165, 1.54) is 246 Å². The summed E-state index contributed by atoms with van der Waals surface area (Å²) in [6.45, 7) is 0. The highest BCUT2D eigenvalue weighted by molar-refractivity contribution is 6.30. The van der Waals surface area contributed by atoms with Crippen LogP contribution in [0.3, 0.4) is 0 Å². The summed E-state index contributed by atoms with van der Waals surface area (Å²) in [4.78, 5) is 0. The van der Waals surface area contributed by atoms with Gasteiger partial charge in [0.1, 0.15) is 0 Å². The zero-order valence-corrected chi connectivity index (χ0v) is 71.9. The van der Waals surface area contributed by atoms with Crippen LogP contribution in [-0.4, -0.2) is 27.4 Å². The Labute approximate surface area is 759 Å². The normalized spacial score (nSPS) is 11.9. The molecule has 6 heterocycles. The summed E-state index contributed by atoms with van der Waals surface area (Å²) in [5.41, 5.74) is 22.9. The van der Waals surface area contributed by atoms with Crippen molar-refractivity contribution < 1.29 is 0 Å². The van der Waals surface area contributed by atoms with Crippen molar-refractivity contribution in [2.45, 2.75) is 0 Å². The van der Waals surface area contributed by atoms with Gasteiger partial charge in [0, 0.05) is 101 Å². The average molecular weight is 1680 g/mol. The first-order valence-corrected chi connectivity index (χ1v) is 45.5.